The molecule has 0 rings (SSSR count). The van der Waals surface area contributed by atoms with Crippen LogP contribution in [0.4, 0.5) is 0 Å². The maximum atomic E-state index is 12.7. The van der Waals surface area contributed by atoms with Crippen molar-refractivity contribution in [2.24, 2.45) is 11.5 Å². The van der Waals surface area contributed by atoms with E-state index in [9.17, 15) is 33.9 Å². The van der Waals surface area contributed by atoms with Crippen LogP contribution in [0.5, 0.6) is 0 Å². The van der Waals surface area contributed by atoms with E-state index in [0.29, 0.717) is 5.75 Å². The first-order valence-corrected chi connectivity index (χ1v) is 11.4. The molecule has 9 N–H and O–H groups in total. The molecule has 0 aliphatic rings. The summed E-state index contributed by atoms with van der Waals surface area (Å²) in [7, 11) is 0. The molecular formula is C17H29N5O8S2. The number of carboxylic acid groups (broad SMARTS) is 2. The lowest BCUT2D eigenvalue weighted by Gasteiger charge is -2.24. The summed E-state index contributed by atoms with van der Waals surface area (Å²) in [5, 5.41) is 24.9. The minimum atomic E-state index is -1.54. The molecule has 0 saturated carbocycles. The quantitative estimate of drug-likeness (QED) is 0.103. The SMILES string of the molecule is CSCCC(NC(=O)C(CC(N)=O)NC(=O)C(CCC(=O)O)NC(=O)C(N)CS)C(=O)O. The number of nitrogens with two attached hydrogens (primary N) is 2. The molecule has 4 atom stereocenters. The van der Waals surface area contributed by atoms with Crippen LogP contribution in [0.1, 0.15) is 25.7 Å². The highest BCUT2D eigenvalue weighted by molar-refractivity contribution is 7.98. The third-order valence-electron chi connectivity index (χ3n) is 4.08. The number of carbonyl (C=O) groups excluding carboxylic acids is 4. The van der Waals surface area contributed by atoms with Gasteiger partial charge in [-0.05, 0) is 24.9 Å². The summed E-state index contributed by atoms with van der Waals surface area (Å²) in [4.78, 5) is 70.8. The molecular weight excluding hydrogens is 466 g/mol. The number of carbonyl (C=O) groups is 6. The molecule has 0 aliphatic heterocycles. The zero-order valence-corrected chi connectivity index (χ0v) is 19.1. The van der Waals surface area contributed by atoms with Gasteiger partial charge in [-0.3, -0.25) is 24.0 Å². The van der Waals surface area contributed by atoms with Gasteiger partial charge in [-0.2, -0.15) is 24.4 Å². The lowest BCUT2D eigenvalue weighted by Crippen LogP contribution is -2.58. The van der Waals surface area contributed by atoms with Gasteiger partial charge in [-0.1, -0.05) is 0 Å². The molecule has 0 aromatic rings. The van der Waals surface area contributed by atoms with Gasteiger partial charge in [0.05, 0.1) is 12.5 Å². The Bertz CT molecular complexity index is 708. The smallest absolute Gasteiger partial charge is 0.326 e. The number of rotatable bonds is 16. The van der Waals surface area contributed by atoms with E-state index in [1.807, 2.05) is 0 Å². The van der Waals surface area contributed by atoms with Gasteiger partial charge in [0.2, 0.25) is 23.6 Å². The summed E-state index contributed by atoms with van der Waals surface area (Å²) in [6.07, 6.45) is 0.377. The zero-order valence-electron chi connectivity index (χ0n) is 17.4. The van der Waals surface area contributed by atoms with Gasteiger partial charge < -0.3 is 37.6 Å². The maximum Gasteiger partial charge on any atom is 0.326 e. The molecule has 0 bridgehead atoms. The monoisotopic (exact) mass is 495 g/mol. The molecule has 0 spiro atoms. The van der Waals surface area contributed by atoms with E-state index in [4.69, 9.17) is 16.6 Å². The molecule has 0 aliphatic carbocycles. The summed E-state index contributed by atoms with van der Waals surface area (Å²) in [6, 6.07) is -5.27. The molecule has 13 nitrogen and oxygen atoms in total. The van der Waals surface area contributed by atoms with Crippen molar-refractivity contribution < 1.29 is 39.0 Å². The molecule has 0 fully saturated rings. The van der Waals surface area contributed by atoms with Crippen LogP contribution < -0.4 is 27.4 Å². The summed E-state index contributed by atoms with van der Waals surface area (Å²) < 4.78 is 0. The number of carboxylic acids is 2. The van der Waals surface area contributed by atoms with Crippen LogP contribution in [-0.2, 0) is 28.8 Å². The van der Waals surface area contributed by atoms with E-state index in [1.54, 1.807) is 6.26 Å². The number of thioether (sulfide) groups is 1. The number of hydrogen-bond donors (Lipinski definition) is 8. The van der Waals surface area contributed by atoms with Crippen molar-refractivity contribution in [3.05, 3.63) is 0 Å². The van der Waals surface area contributed by atoms with Crippen molar-refractivity contribution in [1.82, 2.24) is 16.0 Å². The van der Waals surface area contributed by atoms with Gasteiger partial charge in [-0.15, -0.1) is 0 Å². The summed E-state index contributed by atoms with van der Waals surface area (Å²) in [6.45, 7) is 0. The predicted molar refractivity (Wildman–Crippen MR) is 119 cm³/mol. The molecule has 0 aromatic carbocycles. The van der Waals surface area contributed by atoms with Crippen molar-refractivity contribution in [2.75, 3.05) is 17.8 Å². The standard InChI is InChI=1S/C17H29N5O8S2/c1-32-5-4-10(17(29)30)21-16(28)11(6-12(19)23)22-15(27)9(2-3-13(24)25)20-14(26)8(18)7-31/h8-11,31H,2-7,18H2,1H3,(H2,19,23)(H,20,26)(H,21,28)(H,22,27)(H,24,25)(H,29,30). The Morgan fingerprint density at radius 1 is 0.906 bits per heavy atom. The Labute approximate surface area is 194 Å². The highest BCUT2D eigenvalue weighted by atomic mass is 32.2. The van der Waals surface area contributed by atoms with Crippen LogP contribution in [0.2, 0.25) is 0 Å². The van der Waals surface area contributed by atoms with Crippen molar-refractivity contribution in [1.29, 1.82) is 0 Å². The molecule has 4 unspecified atom stereocenters. The van der Waals surface area contributed by atoms with Gasteiger partial charge in [0.25, 0.3) is 0 Å². The van der Waals surface area contributed by atoms with E-state index in [2.05, 4.69) is 28.6 Å². The van der Waals surface area contributed by atoms with E-state index >= 15 is 0 Å². The second-order valence-corrected chi connectivity index (χ2v) is 8.05. The van der Waals surface area contributed by atoms with Gasteiger partial charge in [0, 0.05) is 12.2 Å². The van der Waals surface area contributed by atoms with E-state index in [0.717, 1.165) is 0 Å². The summed E-state index contributed by atoms with van der Waals surface area (Å²) >= 11 is 5.24. The number of nitrogens with one attached hydrogen (secondary N) is 3. The van der Waals surface area contributed by atoms with Crippen LogP contribution in [0.25, 0.3) is 0 Å². The van der Waals surface area contributed by atoms with Crippen molar-refractivity contribution in [3.8, 4) is 0 Å². The average Bonchev–Trinajstić information content (AvgIpc) is 2.71. The average molecular weight is 496 g/mol. The van der Waals surface area contributed by atoms with Crippen LogP contribution in [0, 0.1) is 0 Å². The molecule has 4 amide bonds. The first-order chi connectivity index (χ1) is 14.9. The lowest BCUT2D eigenvalue weighted by atomic mass is 10.1. The fourth-order valence-electron chi connectivity index (χ4n) is 2.35. The Hall–Kier alpha value is -2.52. The molecule has 0 radical (unpaired) electrons. The zero-order chi connectivity index (χ0) is 24.8. The van der Waals surface area contributed by atoms with E-state index < -0.39 is 72.6 Å². The number of aliphatic carboxylic acids is 2. The largest absolute Gasteiger partial charge is 0.481 e. The van der Waals surface area contributed by atoms with Crippen LogP contribution in [0.3, 0.4) is 0 Å². The Morgan fingerprint density at radius 2 is 1.44 bits per heavy atom. The van der Waals surface area contributed by atoms with Crippen LogP contribution in [0.15, 0.2) is 0 Å². The second-order valence-electron chi connectivity index (χ2n) is 6.70. The highest BCUT2D eigenvalue weighted by Crippen LogP contribution is 2.05. The Kier molecular flexibility index (Phi) is 14.1. The number of amides is 4. The molecule has 0 saturated heterocycles. The third kappa shape index (κ3) is 11.8. The van der Waals surface area contributed by atoms with Crippen LogP contribution >= 0.6 is 24.4 Å². The van der Waals surface area contributed by atoms with Gasteiger partial charge in [0.1, 0.15) is 18.1 Å². The maximum absolute atomic E-state index is 12.7. The summed E-state index contributed by atoms with van der Waals surface area (Å²) in [5.74, 6) is -5.82. The Morgan fingerprint density at radius 3 is 1.91 bits per heavy atom. The normalized spacial score (nSPS) is 14.3. The molecule has 32 heavy (non-hydrogen) atoms. The van der Waals surface area contributed by atoms with Gasteiger partial charge in [-0.25, -0.2) is 4.79 Å². The lowest BCUT2D eigenvalue weighted by molar-refractivity contribution is -0.142. The minimum Gasteiger partial charge on any atom is -0.481 e. The van der Waals surface area contributed by atoms with Crippen molar-refractivity contribution >= 4 is 60.0 Å². The summed E-state index contributed by atoms with van der Waals surface area (Å²) in [5.41, 5.74) is 10.7. The molecule has 0 heterocycles. The number of hydrogen-bond acceptors (Lipinski definition) is 9. The fraction of sp³-hybridized carbons (Fsp3) is 0.647. The van der Waals surface area contributed by atoms with Gasteiger partial charge in [0.15, 0.2) is 0 Å². The molecule has 182 valence electrons. The van der Waals surface area contributed by atoms with Crippen LogP contribution in [-0.4, -0.2) is 87.7 Å². The topological polar surface area (TPSA) is 231 Å². The first kappa shape index (κ1) is 29.5. The Balaban J connectivity index is 5.49. The van der Waals surface area contributed by atoms with E-state index in [1.165, 1.54) is 11.8 Å². The third-order valence-corrected chi connectivity index (χ3v) is 5.11. The minimum absolute atomic E-state index is 0.0432. The fourth-order valence-corrected chi connectivity index (χ4v) is 2.98. The number of primary amides is 1. The second kappa shape index (κ2) is 15.3. The first-order valence-electron chi connectivity index (χ1n) is 9.42. The van der Waals surface area contributed by atoms with Gasteiger partial charge >= 0.3 is 11.9 Å². The highest BCUT2D eigenvalue weighted by Gasteiger charge is 2.31. The number of thiol groups is 1. The molecule has 0 aromatic heterocycles. The van der Waals surface area contributed by atoms with Crippen molar-refractivity contribution in [3.63, 3.8) is 0 Å². The molecule has 15 heteroatoms. The predicted octanol–water partition coefficient (Wildman–Crippen LogP) is -2.72. The van der Waals surface area contributed by atoms with Crippen molar-refractivity contribution in [2.45, 2.75) is 49.9 Å². The van der Waals surface area contributed by atoms with E-state index in [-0.39, 0.29) is 18.6 Å².